The number of thiophene rings is 1. The fourth-order valence-corrected chi connectivity index (χ4v) is 7.53. The predicted molar refractivity (Wildman–Crippen MR) is 121 cm³/mol. The molecule has 7 nitrogen and oxygen atoms in total. The van der Waals surface area contributed by atoms with E-state index in [0.717, 1.165) is 47.6 Å². The Kier molecular flexibility index (Phi) is 5.49. The molecule has 0 amide bonds. The fourth-order valence-electron chi connectivity index (χ4n) is 4.16. The first kappa shape index (κ1) is 20.6. The zero-order valence-electron chi connectivity index (χ0n) is 16.2. The summed E-state index contributed by atoms with van der Waals surface area (Å²) in [5.41, 5.74) is 0. The summed E-state index contributed by atoms with van der Waals surface area (Å²) in [6.45, 7) is 3.91. The van der Waals surface area contributed by atoms with Crippen molar-refractivity contribution in [1.29, 1.82) is 0 Å². The van der Waals surface area contributed by atoms with Crippen LogP contribution in [-0.2, 0) is 16.5 Å². The van der Waals surface area contributed by atoms with Gasteiger partial charge in [0.15, 0.2) is 9.84 Å². The van der Waals surface area contributed by atoms with E-state index in [1.807, 2.05) is 24.3 Å². The van der Waals surface area contributed by atoms with Crippen LogP contribution in [0.3, 0.4) is 0 Å². The molecule has 4 heterocycles. The van der Waals surface area contributed by atoms with Gasteiger partial charge in [-0.3, -0.25) is 9.80 Å². The largest absolute Gasteiger partial charge is 0.408 e. The molecule has 2 aliphatic heterocycles. The summed E-state index contributed by atoms with van der Waals surface area (Å²) < 4.78 is 32.0. The smallest absolute Gasteiger partial charge is 0.288 e. The molecule has 0 unspecified atom stereocenters. The molecule has 1 atom stereocenters. The SMILES string of the molecule is O=S1(=O)CC[C@@H](N2CCN(Cn3nc(-c4sc5ccccc5c4Cl)oc3=S)CC2)C1. The third-order valence-corrected chi connectivity index (χ3v) is 9.51. The van der Waals surface area contributed by atoms with Crippen molar-refractivity contribution in [3.63, 3.8) is 0 Å². The van der Waals surface area contributed by atoms with Crippen molar-refractivity contribution in [1.82, 2.24) is 19.6 Å². The minimum Gasteiger partial charge on any atom is -0.408 e. The third-order valence-electron chi connectivity index (χ3n) is 5.80. The van der Waals surface area contributed by atoms with Gasteiger partial charge >= 0.3 is 0 Å². The third kappa shape index (κ3) is 3.96. The number of halogens is 1. The van der Waals surface area contributed by atoms with Gasteiger partial charge in [0.25, 0.3) is 10.7 Å². The van der Waals surface area contributed by atoms with Gasteiger partial charge in [0, 0.05) is 42.3 Å². The molecule has 160 valence electrons. The van der Waals surface area contributed by atoms with E-state index < -0.39 is 9.84 Å². The predicted octanol–water partition coefficient (Wildman–Crippen LogP) is 3.50. The van der Waals surface area contributed by atoms with Gasteiger partial charge in [-0.25, -0.2) is 13.1 Å². The van der Waals surface area contributed by atoms with Gasteiger partial charge in [-0.05, 0) is 24.7 Å². The van der Waals surface area contributed by atoms with Crippen LogP contribution < -0.4 is 0 Å². The Morgan fingerprint density at radius 1 is 1.23 bits per heavy atom. The van der Waals surface area contributed by atoms with Gasteiger partial charge in [-0.1, -0.05) is 29.8 Å². The molecule has 30 heavy (non-hydrogen) atoms. The summed E-state index contributed by atoms with van der Waals surface area (Å²) in [6.07, 6.45) is 0.746. The summed E-state index contributed by atoms with van der Waals surface area (Å²) in [4.78, 5) is 5.66. The number of nitrogens with zero attached hydrogens (tertiary/aromatic N) is 4. The fraction of sp³-hybridized carbons (Fsp3) is 0.474. The van der Waals surface area contributed by atoms with E-state index in [-0.39, 0.29) is 6.04 Å². The lowest BCUT2D eigenvalue weighted by Crippen LogP contribution is -2.50. The maximum absolute atomic E-state index is 11.7. The van der Waals surface area contributed by atoms with Gasteiger partial charge < -0.3 is 4.42 Å². The van der Waals surface area contributed by atoms with Crippen LogP contribution in [0.1, 0.15) is 6.42 Å². The minimum absolute atomic E-state index is 0.160. The van der Waals surface area contributed by atoms with Gasteiger partial charge in [-0.15, -0.1) is 16.4 Å². The molecule has 0 spiro atoms. The second-order valence-corrected chi connectivity index (χ2v) is 11.8. The van der Waals surface area contributed by atoms with Crippen LogP contribution in [0.15, 0.2) is 28.7 Å². The molecule has 2 aliphatic rings. The zero-order chi connectivity index (χ0) is 20.9. The topological polar surface area (TPSA) is 71.6 Å². The summed E-state index contributed by atoms with van der Waals surface area (Å²) in [5, 5.41) is 6.21. The number of hydrogen-bond acceptors (Lipinski definition) is 8. The van der Waals surface area contributed by atoms with E-state index in [9.17, 15) is 8.42 Å². The Bertz CT molecular complexity index is 1240. The van der Waals surface area contributed by atoms with Crippen LogP contribution in [0.25, 0.3) is 20.9 Å². The van der Waals surface area contributed by atoms with Crippen LogP contribution in [-0.4, -0.2) is 71.7 Å². The Morgan fingerprint density at radius 3 is 2.70 bits per heavy atom. The van der Waals surface area contributed by atoms with Crippen molar-refractivity contribution in [3.8, 4) is 10.8 Å². The van der Waals surface area contributed by atoms with E-state index in [2.05, 4.69) is 14.9 Å². The van der Waals surface area contributed by atoms with Gasteiger partial charge in [0.05, 0.1) is 23.2 Å². The summed E-state index contributed by atoms with van der Waals surface area (Å²) in [6, 6.07) is 8.11. The second kappa shape index (κ2) is 7.99. The quantitative estimate of drug-likeness (QED) is 0.525. The second-order valence-electron chi connectivity index (χ2n) is 7.77. The minimum atomic E-state index is -2.85. The lowest BCUT2D eigenvalue weighted by molar-refractivity contribution is 0.0803. The Labute approximate surface area is 188 Å². The number of fused-ring (bicyclic) bond motifs is 1. The highest BCUT2D eigenvalue weighted by Gasteiger charge is 2.33. The van der Waals surface area contributed by atoms with Crippen LogP contribution in [0.2, 0.25) is 5.02 Å². The molecule has 0 bridgehead atoms. The normalized spacial score (nSPS) is 22.8. The van der Waals surface area contributed by atoms with Crippen molar-refractivity contribution in [2.45, 2.75) is 19.1 Å². The Hall–Kier alpha value is -1.30. The molecule has 1 aromatic carbocycles. The number of benzene rings is 1. The molecular formula is C19H21ClN4O3S3. The van der Waals surface area contributed by atoms with Gasteiger partial charge in [-0.2, -0.15) is 0 Å². The Balaban J connectivity index is 1.27. The van der Waals surface area contributed by atoms with Crippen molar-refractivity contribution in [2.75, 3.05) is 37.7 Å². The molecule has 11 heteroatoms. The highest BCUT2D eigenvalue weighted by atomic mass is 35.5. The number of rotatable bonds is 4. The highest BCUT2D eigenvalue weighted by Crippen LogP contribution is 2.41. The van der Waals surface area contributed by atoms with Crippen LogP contribution in [0.4, 0.5) is 0 Å². The lowest BCUT2D eigenvalue weighted by atomic mass is 10.2. The van der Waals surface area contributed by atoms with Crippen molar-refractivity contribution >= 4 is 55.1 Å². The molecule has 3 aromatic rings. The molecule has 0 N–H and O–H groups in total. The number of hydrogen-bond donors (Lipinski definition) is 0. The number of aromatic nitrogens is 2. The first-order chi connectivity index (χ1) is 14.4. The zero-order valence-corrected chi connectivity index (χ0v) is 19.4. The van der Waals surface area contributed by atoms with Gasteiger partial charge in [0.2, 0.25) is 0 Å². The molecule has 2 aromatic heterocycles. The maximum Gasteiger partial charge on any atom is 0.288 e. The summed E-state index contributed by atoms with van der Waals surface area (Å²) >= 11 is 13.5. The van der Waals surface area contributed by atoms with Crippen LogP contribution in [0, 0.1) is 4.84 Å². The monoisotopic (exact) mass is 484 g/mol. The van der Waals surface area contributed by atoms with Gasteiger partial charge in [0.1, 0.15) is 4.88 Å². The molecular weight excluding hydrogens is 464 g/mol. The van der Waals surface area contributed by atoms with Crippen LogP contribution >= 0.6 is 35.2 Å². The van der Waals surface area contributed by atoms with E-state index in [0.29, 0.717) is 33.9 Å². The van der Waals surface area contributed by atoms with E-state index in [1.165, 1.54) is 0 Å². The summed E-state index contributed by atoms with van der Waals surface area (Å²) in [5.74, 6) is 1.05. The molecule has 2 fully saturated rings. The molecule has 5 rings (SSSR count). The number of piperazine rings is 1. The molecule has 0 radical (unpaired) electrons. The number of sulfone groups is 1. The van der Waals surface area contributed by atoms with Crippen molar-refractivity contribution < 1.29 is 12.8 Å². The van der Waals surface area contributed by atoms with E-state index >= 15 is 0 Å². The first-order valence-electron chi connectivity index (χ1n) is 9.82. The maximum atomic E-state index is 11.7. The lowest BCUT2D eigenvalue weighted by Gasteiger charge is -2.37. The van der Waals surface area contributed by atoms with E-state index in [1.54, 1.807) is 16.0 Å². The van der Waals surface area contributed by atoms with Crippen molar-refractivity contribution in [3.05, 3.63) is 34.1 Å². The standard InChI is InChI=1S/C19H21ClN4O3S3/c20-16-14-3-1-2-4-15(14)29-17(16)18-21-24(19(28)27-18)12-22-6-8-23(9-7-22)13-5-10-30(25,26)11-13/h1-4,13H,5-12H2/t13-/m1/s1. The van der Waals surface area contributed by atoms with Crippen molar-refractivity contribution in [2.24, 2.45) is 0 Å². The Morgan fingerprint density at radius 2 is 2.00 bits per heavy atom. The summed E-state index contributed by atoms with van der Waals surface area (Å²) in [7, 11) is -2.85. The van der Waals surface area contributed by atoms with E-state index in [4.69, 9.17) is 28.2 Å². The highest BCUT2D eigenvalue weighted by molar-refractivity contribution is 7.91. The molecule has 2 saturated heterocycles. The average Bonchev–Trinajstić information content (AvgIpc) is 3.38. The van der Waals surface area contributed by atoms with Crippen LogP contribution in [0.5, 0.6) is 0 Å². The molecule has 0 aliphatic carbocycles. The molecule has 0 saturated carbocycles. The first-order valence-corrected chi connectivity index (χ1v) is 13.2. The average molecular weight is 485 g/mol.